The maximum Gasteiger partial charge on any atom is 0.312 e. The van der Waals surface area contributed by atoms with Gasteiger partial charge in [-0.1, -0.05) is 29.8 Å². The summed E-state index contributed by atoms with van der Waals surface area (Å²) in [5, 5.41) is 2.66. The molecule has 134 valence electrons. The van der Waals surface area contributed by atoms with Crippen LogP contribution in [0.4, 0.5) is 5.69 Å². The number of carbonyl (C=O) groups excluding carboxylic acids is 3. The Morgan fingerprint density at radius 1 is 1.12 bits per heavy atom. The quantitative estimate of drug-likeness (QED) is 0.820. The van der Waals surface area contributed by atoms with E-state index in [1.54, 1.807) is 18.3 Å². The fourth-order valence-corrected chi connectivity index (χ4v) is 2.86. The standard InChI is InChI=1S/C19H20N4O3/c1-14-4-2-5-15(10-14)12-22-8-9-23(19(26)18(22)25)13-17(24)21-16-6-3-7-20-11-16/h2-7,10-11H,8-9,12-13H2,1H3,(H,21,24). The normalized spacial score (nSPS) is 14.5. The molecule has 3 rings (SSSR count). The highest BCUT2D eigenvalue weighted by Crippen LogP contribution is 2.12. The van der Waals surface area contributed by atoms with Crippen LogP contribution in [0.3, 0.4) is 0 Å². The zero-order valence-electron chi connectivity index (χ0n) is 14.5. The van der Waals surface area contributed by atoms with Gasteiger partial charge in [-0.3, -0.25) is 19.4 Å². The van der Waals surface area contributed by atoms with Crippen LogP contribution in [0.2, 0.25) is 0 Å². The van der Waals surface area contributed by atoms with Gasteiger partial charge in [-0.2, -0.15) is 0 Å². The Hall–Kier alpha value is -3.22. The van der Waals surface area contributed by atoms with E-state index in [0.29, 0.717) is 25.3 Å². The van der Waals surface area contributed by atoms with Crippen LogP contribution in [0, 0.1) is 6.92 Å². The first-order chi connectivity index (χ1) is 12.5. The lowest BCUT2D eigenvalue weighted by molar-refractivity contribution is -0.157. The van der Waals surface area contributed by atoms with Crippen LogP contribution in [0.15, 0.2) is 48.8 Å². The molecule has 1 saturated heterocycles. The molecule has 1 aliphatic heterocycles. The number of amides is 3. The first kappa shape index (κ1) is 17.6. The maximum absolute atomic E-state index is 12.4. The summed E-state index contributed by atoms with van der Waals surface area (Å²) in [6.45, 7) is 2.95. The Kier molecular flexibility index (Phi) is 5.26. The van der Waals surface area contributed by atoms with Crippen LogP contribution in [0.1, 0.15) is 11.1 Å². The van der Waals surface area contributed by atoms with Gasteiger partial charge in [0, 0.05) is 25.8 Å². The fourth-order valence-electron chi connectivity index (χ4n) is 2.86. The Bertz CT molecular complexity index is 823. The highest BCUT2D eigenvalue weighted by Gasteiger charge is 2.33. The monoisotopic (exact) mass is 352 g/mol. The van der Waals surface area contributed by atoms with Crippen LogP contribution < -0.4 is 5.32 Å². The van der Waals surface area contributed by atoms with E-state index in [2.05, 4.69) is 10.3 Å². The van der Waals surface area contributed by atoms with Gasteiger partial charge in [-0.05, 0) is 24.6 Å². The summed E-state index contributed by atoms with van der Waals surface area (Å²) in [6.07, 6.45) is 3.12. The van der Waals surface area contributed by atoms with E-state index < -0.39 is 11.8 Å². The Balaban J connectivity index is 1.57. The van der Waals surface area contributed by atoms with Crippen molar-refractivity contribution >= 4 is 23.4 Å². The summed E-state index contributed by atoms with van der Waals surface area (Å²) in [5.41, 5.74) is 2.63. The SMILES string of the molecule is Cc1cccc(CN2CCN(CC(=O)Nc3cccnc3)C(=O)C2=O)c1. The molecule has 0 atom stereocenters. The molecule has 0 saturated carbocycles. The largest absolute Gasteiger partial charge is 0.328 e. The number of nitrogens with one attached hydrogen (secondary N) is 1. The maximum atomic E-state index is 12.4. The molecule has 0 aliphatic carbocycles. The average Bonchev–Trinajstić information content (AvgIpc) is 2.62. The summed E-state index contributed by atoms with van der Waals surface area (Å²) in [6, 6.07) is 11.2. The topological polar surface area (TPSA) is 82.6 Å². The molecule has 26 heavy (non-hydrogen) atoms. The molecule has 2 heterocycles. The van der Waals surface area contributed by atoms with Gasteiger partial charge in [0.2, 0.25) is 5.91 Å². The van der Waals surface area contributed by atoms with Crippen molar-refractivity contribution in [2.75, 3.05) is 25.0 Å². The van der Waals surface area contributed by atoms with E-state index in [9.17, 15) is 14.4 Å². The summed E-state index contributed by atoms with van der Waals surface area (Å²) < 4.78 is 0. The smallest absolute Gasteiger partial charge is 0.312 e. The lowest BCUT2D eigenvalue weighted by Crippen LogP contribution is -2.55. The number of rotatable bonds is 5. The molecule has 3 amide bonds. The van der Waals surface area contributed by atoms with Crippen molar-refractivity contribution in [2.24, 2.45) is 0 Å². The number of nitrogens with zero attached hydrogens (tertiary/aromatic N) is 3. The molecule has 7 nitrogen and oxygen atoms in total. The molecule has 0 unspecified atom stereocenters. The molecule has 0 spiro atoms. The summed E-state index contributed by atoms with van der Waals surface area (Å²) in [7, 11) is 0. The second-order valence-electron chi connectivity index (χ2n) is 6.23. The van der Waals surface area contributed by atoms with Crippen molar-refractivity contribution in [1.29, 1.82) is 0 Å². The van der Waals surface area contributed by atoms with Crippen LogP contribution in [0.5, 0.6) is 0 Å². The zero-order chi connectivity index (χ0) is 18.5. The van der Waals surface area contributed by atoms with E-state index in [0.717, 1.165) is 11.1 Å². The molecule has 1 aromatic carbocycles. The van der Waals surface area contributed by atoms with Gasteiger partial charge in [-0.15, -0.1) is 0 Å². The molecule has 0 radical (unpaired) electrons. The summed E-state index contributed by atoms with van der Waals surface area (Å²) in [5.74, 6) is -1.58. The number of benzene rings is 1. The van der Waals surface area contributed by atoms with E-state index in [4.69, 9.17) is 0 Å². The van der Waals surface area contributed by atoms with Crippen LogP contribution in [-0.2, 0) is 20.9 Å². The number of pyridine rings is 1. The molecular formula is C19H20N4O3. The van der Waals surface area contributed by atoms with Crippen LogP contribution >= 0.6 is 0 Å². The van der Waals surface area contributed by atoms with E-state index >= 15 is 0 Å². The Morgan fingerprint density at radius 2 is 1.88 bits per heavy atom. The lowest BCUT2D eigenvalue weighted by atomic mass is 10.1. The van der Waals surface area contributed by atoms with E-state index in [-0.39, 0.29) is 12.5 Å². The average molecular weight is 352 g/mol. The van der Waals surface area contributed by atoms with Crippen LogP contribution in [0.25, 0.3) is 0 Å². The Morgan fingerprint density at radius 3 is 2.62 bits per heavy atom. The first-order valence-electron chi connectivity index (χ1n) is 8.36. The van der Waals surface area contributed by atoms with Gasteiger partial charge < -0.3 is 15.1 Å². The van der Waals surface area contributed by atoms with Gasteiger partial charge in [0.25, 0.3) is 0 Å². The van der Waals surface area contributed by atoms with Crippen LogP contribution in [-0.4, -0.2) is 52.1 Å². The van der Waals surface area contributed by atoms with Crippen molar-refractivity contribution in [1.82, 2.24) is 14.8 Å². The third-order valence-corrected chi connectivity index (χ3v) is 4.13. The predicted octanol–water partition coefficient (Wildman–Crippen LogP) is 1.20. The molecule has 1 aromatic heterocycles. The number of carbonyl (C=O) groups is 3. The van der Waals surface area contributed by atoms with Crippen molar-refractivity contribution < 1.29 is 14.4 Å². The minimum absolute atomic E-state index is 0.155. The highest BCUT2D eigenvalue weighted by molar-refractivity contribution is 6.35. The highest BCUT2D eigenvalue weighted by atomic mass is 16.2. The molecule has 1 N–H and O–H groups in total. The van der Waals surface area contributed by atoms with Crippen molar-refractivity contribution in [3.63, 3.8) is 0 Å². The number of piperazine rings is 1. The second kappa shape index (κ2) is 7.77. The number of aromatic nitrogens is 1. The van der Waals surface area contributed by atoms with Gasteiger partial charge in [0.15, 0.2) is 0 Å². The summed E-state index contributed by atoms with van der Waals surface area (Å²) >= 11 is 0. The van der Waals surface area contributed by atoms with Gasteiger partial charge in [0.05, 0.1) is 11.9 Å². The van der Waals surface area contributed by atoms with E-state index in [1.165, 1.54) is 16.0 Å². The predicted molar refractivity (Wildman–Crippen MR) is 96.0 cm³/mol. The van der Waals surface area contributed by atoms with Gasteiger partial charge in [0.1, 0.15) is 6.54 Å². The number of anilines is 1. The zero-order valence-corrected chi connectivity index (χ0v) is 14.5. The lowest BCUT2D eigenvalue weighted by Gasteiger charge is -2.33. The number of hydrogen-bond donors (Lipinski definition) is 1. The molecule has 1 aliphatic rings. The van der Waals surface area contributed by atoms with Crippen molar-refractivity contribution in [3.8, 4) is 0 Å². The van der Waals surface area contributed by atoms with E-state index in [1.807, 2.05) is 31.2 Å². The van der Waals surface area contributed by atoms with Gasteiger partial charge >= 0.3 is 11.8 Å². The summed E-state index contributed by atoms with van der Waals surface area (Å²) in [4.78, 5) is 43.5. The molecule has 1 fully saturated rings. The molecule has 2 aromatic rings. The Labute approximate surface area is 151 Å². The third kappa shape index (κ3) is 4.24. The number of aryl methyl sites for hydroxylation is 1. The molecule has 0 bridgehead atoms. The molecular weight excluding hydrogens is 332 g/mol. The minimum Gasteiger partial charge on any atom is -0.328 e. The second-order valence-corrected chi connectivity index (χ2v) is 6.23. The van der Waals surface area contributed by atoms with Crippen molar-refractivity contribution in [3.05, 3.63) is 59.9 Å². The van der Waals surface area contributed by atoms with Gasteiger partial charge in [-0.25, -0.2) is 0 Å². The fraction of sp³-hybridized carbons (Fsp3) is 0.263. The third-order valence-electron chi connectivity index (χ3n) is 4.13. The molecule has 7 heteroatoms. The first-order valence-corrected chi connectivity index (χ1v) is 8.36. The minimum atomic E-state index is -0.648. The number of hydrogen-bond acceptors (Lipinski definition) is 4. The van der Waals surface area contributed by atoms with Crippen molar-refractivity contribution in [2.45, 2.75) is 13.5 Å².